The maximum atomic E-state index is 10.8. The Balaban J connectivity index is 2.01. The van der Waals surface area contributed by atoms with Gasteiger partial charge in [-0.3, -0.25) is 14.9 Å². The van der Waals surface area contributed by atoms with E-state index in [-0.39, 0.29) is 17.8 Å². The van der Waals surface area contributed by atoms with Crippen molar-refractivity contribution in [1.82, 2.24) is 15.2 Å². The number of H-pyrrole nitrogens is 1. The average Bonchev–Trinajstić information content (AvgIpc) is 2.83. The molecule has 0 spiro atoms. The number of aromatic nitrogens is 3. The van der Waals surface area contributed by atoms with Gasteiger partial charge in [-0.1, -0.05) is 0 Å². The fourth-order valence-corrected chi connectivity index (χ4v) is 1.76. The molecule has 1 amide bonds. The predicted molar refractivity (Wildman–Crippen MR) is 58.6 cm³/mol. The Morgan fingerprint density at radius 1 is 1.59 bits per heavy atom. The summed E-state index contributed by atoms with van der Waals surface area (Å²) in [6.07, 6.45) is 0.583. The molecule has 1 unspecified atom stereocenters. The van der Waals surface area contributed by atoms with E-state index in [2.05, 4.69) is 20.5 Å². The molecule has 2 heterocycles. The van der Waals surface area contributed by atoms with Crippen molar-refractivity contribution in [1.29, 1.82) is 0 Å². The van der Waals surface area contributed by atoms with Crippen LogP contribution in [0, 0.1) is 5.92 Å². The lowest BCUT2D eigenvalue weighted by molar-refractivity contribution is -0.140. The highest BCUT2D eigenvalue weighted by atomic mass is 16.4. The predicted octanol–water partition coefficient (Wildman–Crippen LogP) is -0.326. The van der Waals surface area contributed by atoms with Gasteiger partial charge in [-0.25, -0.2) is 5.10 Å². The number of carboxylic acid groups (broad SMARTS) is 1. The Bertz CT molecular complexity index is 444. The zero-order valence-electron chi connectivity index (χ0n) is 9.30. The van der Waals surface area contributed by atoms with Crippen LogP contribution in [0.15, 0.2) is 0 Å². The molecule has 8 nitrogen and oxygen atoms in total. The molecule has 3 N–H and O–H groups in total. The van der Waals surface area contributed by atoms with Crippen molar-refractivity contribution in [2.45, 2.75) is 13.3 Å². The summed E-state index contributed by atoms with van der Waals surface area (Å²) in [5.41, 5.74) is 0. The smallest absolute Gasteiger partial charge is 0.308 e. The Morgan fingerprint density at radius 3 is 2.94 bits per heavy atom. The molecule has 0 bridgehead atoms. The molecular weight excluding hydrogens is 226 g/mol. The first kappa shape index (κ1) is 11.4. The minimum Gasteiger partial charge on any atom is -0.481 e. The molecule has 92 valence electrons. The van der Waals surface area contributed by atoms with Gasteiger partial charge in [0.25, 0.3) is 0 Å². The van der Waals surface area contributed by atoms with E-state index in [9.17, 15) is 9.59 Å². The van der Waals surface area contributed by atoms with Gasteiger partial charge in [0.15, 0.2) is 0 Å². The molecule has 1 saturated heterocycles. The third-order valence-electron chi connectivity index (χ3n) is 2.59. The third-order valence-corrected chi connectivity index (χ3v) is 2.59. The van der Waals surface area contributed by atoms with Gasteiger partial charge >= 0.3 is 5.97 Å². The monoisotopic (exact) mass is 239 g/mol. The van der Waals surface area contributed by atoms with Crippen molar-refractivity contribution < 1.29 is 14.7 Å². The molecule has 0 saturated carbocycles. The first-order valence-electron chi connectivity index (χ1n) is 5.24. The first-order valence-corrected chi connectivity index (χ1v) is 5.24. The van der Waals surface area contributed by atoms with Gasteiger partial charge in [0.1, 0.15) is 0 Å². The third kappa shape index (κ3) is 2.52. The van der Waals surface area contributed by atoms with Crippen LogP contribution in [0.1, 0.15) is 13.3 Å². The Kier molecular flexibility index (Phi) is 2.94. The molecule has 1 aromatic rings. The second-order valence-electron chi connectivity index (χ2n) is 3.94. The van der Waals surface area contributed by atoms with Crippen LogP contribution in [-0.2, 0) is 9.59 Å². The van der Waals surface area contributed by atoms with Crippen molar-refractivity contribution in [2.24, 2.45) is 5.92 Å². The lowest BCUT2D eigenvalue weighted by Gasteiger charge is -2.11. The van der Waals surface area contributed by atoms with E-state index in [1.165, 1.54) is 6.92 Å². The summed E-state index contributed by atoms with van der Waals surface area (Å²) >= 11 is 0. The van der Waals surface area contributed by atoms with E-state index in [1.54, 1.807) is 4.90 Å². The SMILES string of the molecule is CC(=O)Nc1nc(N2CCC(C(=O)O)C2)n[nH]1. The lowest BCUT2D eigenvalue weighted by Crippen LogP contribution is -2.23. The van der Waals surface area contributed by atoms with E-state index in [1.807, 2.05) is 0 Å². The highest BCUT2D eigenvalue weighted by Gasteiger charge is 2.29. The molecule has 1 aliphatic heterocycles. The highest BCUT2D eigenvalue weighted by molar-refractivity contribution is 5.86. The van der Waals surface area contributed by atoms with Gasteiger partial charge in [-0.15, -0.1) is 5.10 Å². The van der Waals surface area contributed by atoms with Gasteiger partial charge < -0.3 is 10.0 Å². The zero-order chi connectivity index (χ0) is 12.4. The van der Waals surface area contributed by atoms with Crippen LogP contribution in [0.3, 0.4) is 0 Å². The number of rotatable bonds is 3. The summed E-state index contributed by atoms with van der Waals surface area (Å²) < 4.78 is 0. The Hall–Kier alpha value is -2.12. The Morgan fingerprint density at radius 2 is 2.35 bits per heavy atom. The van der Waals surface area contributed by atoms with E-state index in [0.29, 0.717) is 25.5 Å². The van der Waals surface area contributed by atoms with Gasteiger partial charge in [0.05, 0.1) is 5.92 Å². The summed E-state index contributed by atoms with van der Waals surface area (Å²) in [6, 6.07) is 0. The average molecular weight is 239 g/mol. The maximum absolute atomic E-state index is 10.8. The molecular formula is C9H13N5O3. The van der Waals surface area contributed by atoms with Crippen LogP contribution < -0.4 is 10.2 Å². The quantitative estimate of drug-likeness (QED) is 0.666. The highest BCUT2D eigenvalue weighted by Crippen LogP contribution is 2.21. The number of carbonyl (C=O) groups excluding carboxylic acids is 1. The summed E-state index contributed by atoms with van der Waals surface area (Å²) in [7, 11) is 0. The minimum absolute atomic E-state index is 0.238. The molecule has 0 aromatic carbocycles. The molecule has 17 heavy (non-hydrogen) atoms. The van der Waals surface area contributed by atoms with Crippen molar-refractivity contribution in [2.75, 3.05) is 23.3 Å². The van der Waals surface area contributed by atoms with Gasteiger partial charge in [-0.05, 0) is 6.42 Å². The van der Waals surface area contributed by atoms with Gasteiger partial charge in [-0.2, -0.15) is 4.98 Å². The minimum atomic E-state index is -0.801. The van der Waals surface area contributed by atoms with Crippen molar-refractivity contribution in [3.63, 3.8) is 0 Å². The second kappa shape index (κ2) is 4.40. The van der Waals surface area contributed by atoms with Gasteiger partial charge in [0.2, 0.25) is 17.8 Å². The largest absolute Gasteiger partial charge is 0.481 e. The van der Waals surface area contributed by atoms with Crippen LogP contribution >= 0.6 is 0 Å². The van der Waals surface area contributed by atoms with E-state index in [0.717, 1.165) is 0 Å². The molecule has 0 radical (unpaired) electrons. The standard InChI is InChI=1S/C9H13N5O3/c1-5(15)10-8-11-9(13-12-8)14-3-2-6(4-14)7(16)17/h6H,2-4H2,1H3,(H,16,17)(H2,10,11,12,13,15). The van der Waals surface area contributed by atoms with Crippen molar-refractivity contribution in [3.05, 3.63) is 0 Å². The molecule has 1 fully saturated rings. The number of carboxylic acids is 1. The number of hydrogen-bond donors (Lipinski definition) is 3. The molecule has 0 aliphatic carbocycles. The fourth-order valence-electron chi connectivity index (χ4n) is 1.76. The fraction of sp³-hybridized carbons (Fsp3) is 0.556. The molecule has 1 aromatic heterocycles. The topological polar surface area (TPSA) is 111 Å². The number of aliphatic carboxylic acids is 1. The first-order chi connectivity index (χ1) is 8.06. The van der Waals surface area contributed by atoms with Crippen LogP contribution in [0.4, 0.5) is 11.9 Å². The number of nitrogens with zero attached hydrogens (tertiary/aromatic N) is 3. The molecule has 1 aliphatic rings. The second-order valence-corrected chi connectivity index (χ2v) is 3.94. The summed E-state index contributed by atoms with van der Waals surface area (Å²) in [5, 5.41) is 17.8. The summed E-state index contributed by atoms with van der Waals surface area (Å²) in [4.78, 5) is 27.4. The lowest BCUT2D eigenvalue weighted by atomic mass is 10.1. The van der Waals surface area contributed by atoms with Crippen LogP contribution in [0.25, 0.3) is 0 Å². The van der Waals surface area contributed by atoms with Gasteiger partial charge in [0, 0.05) is 20.0 Å². The molecule has 2 rings (SSSR count). The number of anilines is 2. The number of aromatic amines is 1. The van der Waals surface area contributed by atoms with Crippen molar-refractivity contribution >= 4 is 23.8 Å². The normalized spacial score (nSPS) is 19.4. The molecule has 1 atom stereocenters. The summed E-state index contributed by atoms with van der Waals surface area (Å²) in [5.74, 6) is -0.732. The summed E-state index contributed by atoms with van der Waals surface area (Å²) in [6.45, 7) is 2.37. The Labute approximate surface area is 97.0 Å². The van der Waals surface area contributed by atoms with E-state index in [4.69, 9.17) is 5.11 Å². The van der Waals surface area contributed by atoms with Crippen LogP contribution in [0.2, 0.25) is 0 Å². The van der Waals surface area contributed by atoms with Crippen LogP contribution in [-0.4, -0.2) is 45.3 Å². The maximum Gasteiger partial charge on any atom is 0.308 e. The van der Waals surface area contributed by atoms with Crippen molar-refractivity contribution in [3.8, 4) is 0 Å². The molecule has 8 heteroatoms. The van der Waals surface area contributed by atoms with Crippen LogP contribution in [0.5, 0.6) is 0 Å². The number of carbonyl (C=O) groups is 2. The van der Waals surface area contributed by atoms with E-state index >= 15 is 0 Å². The number of hydrogen-bond acceptors (Lipinski definition) is 5. The number of nitrogens with one attached hydrogen (secondary N) is 2. The van der Waals surface area contributed by atoms with E-state index < -0.39 is 5.97 Å². The zero-order valence-corrected chi connectivity index (χ0v) is 9.30. The number of amides is 1.